The average molecular weight is 178 g/mol. The van der Waals surface area contributed by atoms with Crippen LogP contribution in [0.15, 0.2) is 12.1 Å². The van der Waals surface area contributed by atoms with Crippen molar-refractivity contribution in [3.8, 4) is 11.8 Å². The maximum atomic E-state index is 12.7. The number of nitrogens with two attached hydrogens (primary N) is 1. The molecule has 1 heterocycles. The van der Waals surface area contributed by atoms with Gasteiger partial charge in [-0.15, -0.1) is 0 Å². The molecule has 2 N–H and O–H groups in total. The van der Waals surface area contributed by atoms with Crippen LogP contribution in [-0.2, 0) is 4.79 Å². The maximum Gasteiger partial charge on any atom is 0.293 e. The number of rotatable bonds is 0. The number of aryl methyl sites for hydroxylation is 1. The third kappa shape index (κ3) is 2.56. The maximum absolute atomic E-state index is 12.7. The van der Waals surface area contributed by atoms with Crippen LogP contribution >= 0.6 is 0 Å². The van der Waals surface area contributed by atoms with E-state index in [2.05, 4.69) is 16.8 Å². The molecule has 0 saturated heterocycles. The van der Waals surface area contributed by atoms with E-state index < -0.39 is 11.7 Å². The van der Waals surface area contributed by atoms with Gasteiger partial charge in [0.15, 0.2) is 0 Å². The van der Waals surface area contributed by atoms with Gasteiger partial charge in [-0.2, -0.15) is 0 Å². The van der Waals surface area contributed by atoms with E-state index in [1.54, 1.807) is 0 Å². The van der Waals surface area contributed by atoms with Gasteiger partial charge in [0.05, 0.1) is 5.69 Å². The van der Waals surface area contributed by atoms with E-state index in [-0.39, 0.29) is 5.69 Å². The fraction of sp³-hybridized carbons (Fsp3) is 0.111. The molecule has 0 fully saturated rings. The minimum absolute atomic E-state index is 0.247. The largest absolute Gasteiger partial charge is 0.359 e. The number of hydrogen-bond donors (Lipinski definition) is 1. The second-order valence-corrected chi connectivity index (χ2v) is 2.38. The molecule has 0 saturated carbocycles. The Morgan fingerprint density at radius 1 is 1.62 bits per heavy atom. The summed E-state index contributed by atoms with van der Waals surface area (Å²) in [6.45, 7) is 1.52. The van der Waals surface area contributed by atoms with E-state index in [0.717, 1.165) is 0 Å². The number of halogens is 1. The highest BCUT2D eigenvalue weighted by molar-refractivity contribution is 5.92. The van der Waals surface area contributed by atoms with E-state index in [9.17, 15) is 9.18 Å². The van der Waals surface area contributed by atoms with Gasteiger partial charge in [-0.1, -0.05) is 0 Å². The molecule has 1 aromatic heterocycles. The van der Waals surface area contributed by atoms with Crippen molar-refractivity contribution in [2.45, 2.75) is 6.92 Å². The van der Waals surface area contributed by atoms with Crippen LogP contribution in [0, 0.1) is 24.6 Å². The lowest BCUT2D eigenvalue weighted by Gasteiger charge is -1.94. The highest BCUT2D eigenvalue weighted by atomic mass is 19.1. The summed E-state index contributed by atoms with van der Waals surface area (Å²) in [4.78, 5) is 14.1. The second kappa shape index (κ2) is 3.68. The first-order valence-corrected chi connectivity index (χ1v) is 3.54. The number of carbonyl (C=O) groups is 1. The SMILES string of the molecule is Cc1nc(C#CC(N)=O)ccc1F. The molecule has 66 valence electrons. The zero-order chi connectivity index (χ0) is 9.84. The lowest BCUT2D eigenvalue weighted by atomic mass is 10.3. The number of carbonyl (C=O) groups excluding carboxylic acids is 1. The average Bonchev–Trinajstić information content (AvgIpc) is 2.07. The number of pyridine rings is 1. The molecule has 1 rings (SSSR count). The number of aromatic nitrogens is 1. The minimum atomic E-state index is -0.733. The predicted molar refractivity (Wildman–Crippen MR) is 45.0 cm³/mol. The topological polar surface area (TPSA) is 56.0 Å². The Labute approximate surface area is 74.8 Å². The summed E-state index contributed by atoms with van der Waals surface area (Å²) in [5, 5.41) is 0. The molecular weight excluding hydrogens is 171 g/mol. The van der Waals surface area contributed by atoms with Crippen LogP contribution in [0.1, 0.15) is 11.4 Å². The molecule has 0 radical (unpaired) electrons. The van der Waals surface area contributed by atoms with Crippen molar-refractivity contribution in [2.75, 3.05) is 0 Å². The summed E-state index contributed by atoms with van der Waals surface area (Å²) in [6, 6.07) is 2.63. The van der Waals surface area contributed by atoms with Gasteiger partial charge in [0.25, 0.3) is 5.91 Å². The van der Waals surface area contributed by atoms with Crippen molar-refractivity contribution in [3.63, 3.8) is 0 Å². The van der Waals surface area contributed by atoms with E-state index >= 15 is 0 Å². The number of hydrogen-bond acceptors (Lipinski definition) is 2. The zero-order valence-electron chi connectivity index (χ0n) is 6.97. The van der Waals surface area contributed by atoms with E-state index in [4.69, 9.17) is 5.73 Å². The number of amides is 1. The highest BCUT2D eigenvalue weighted by Crippen LogP contribution is 2.02. The molecule has 0 aliphatic carbocycles. The van der Waals surface area contributed by atoms with Crippen molar-refractivity contribution in [2.24, 2.45) is 5.73 Å². The molecule has 13 heavy (non-hydrogen) atoms. The molecule has 0 aliphatic rings. The van der Waals surface area contributed by atoms with Gasteiger partial charge in [0.2, 0.25) is 0 Å². The highest BCUT2D eigenvalue weighted by Gasteiger charge is 1.97. The van der Waals surface area contributed by atoms with Crippen molar-refractivity contribution in [3.05, 3.63) is 29.3 Å². The Balaban J connectivity index is 3.00. The Kier molecular flexibility index (Phi) is 2.60. The third-order valence-corrected chi connectivity index (χ3v) is 1.34. The van der Waals surface area contributed by atoms with Gasteiger partial charge >= 0.3 is 0 Å². The van der Waals surface area contributed by atoms with Crippen molar-refractivity contribution in [1.29, 1.82) is 0 Å². The lowest BCUT2D eigenvalue weighted by molar-refractivity contribution is -0.112. The normalized spacial score (nSPS) is 8.77. The summed E-state index contributed by atoms with van der Waals surface area (Å²) < 4.78 is 12.7. The monoisotopic (exact) mass is 178 g/mol. The minimum Gasteiger partial charge on any atom is -0.359 e. The van der Waals surface area contributed by atoms with E-state index in [0.29, 0.717) is 5.69 Å². The van der Waals surface area contributed by atoms with Crippen molar-refractivity contribution in [1.82, 2.24) is 4.98 Å². The molecule has 0 unspecified atom stereocenters. The quantitative estimate of drug-likeness (QED) is 0.583. The van der Waals surface area contributed by atoms with Gasteiger partial charge in [-0.25, -0.2) is 9.37 Å². The summed E-state index contributed by atoms with van der Waals surface area (Å²) >= 11 is 0. The summed E-state index contributed by atoms with van der Waals surface area (Å²) in [5.74, 6) is 3.39. The first-order chi connectivity index (χ1) is 6.09. The molecule has 0 bridgehead atoms. The number of primary amides is 1. The van der Waals surface area contributed by atoms with Crippen molar-refractivity contribution >= 4 is 5.91 Å². The Morgan fingerprint density at radius 3 is 2.85 bits per heavy atom. The fourth-order valence-electron chi connectivity index (χ4n) is 0.739. The van der Waals surface area contributed by atoms with Gasteiger partial charge in [0, 0.05) is 5.92 Å². The Bertz CT molecular complexity index is 404. The molecule has 0 aromatic carbocycles. The molecule has 1 aromatic rings. The van der Waals surface area contributed by atoms with E-state index in [1.807, 2.05) is 0 Å². The summed E-state index contributed by atoms with van der Waals surface area (Å²) in [5.41, 5.74) is 5.37. The Morgan fingerprint density at radius 2 is 2.31 bits per heavy atom. The predicted octanol–water partition coefficient (Wildman–Crippen LogP) is 0.366. The smallest absolute Gasteiger partial charge is 0.293 e. The van der Waals surface area contributed by atoms with Crippen LogP contribution in [0.4, 0.5) is 4.39 Å². The zero-order valence-corrected chi connectivity index (χ0v) is 6.97. The van der Waals surface area contributed by atoms with Crippen LogP contribution in [0.25, 0.3) is 0 Å². The molecular formula is C9H7FN2O. The number of nitrogens with zero attached hydrogens (tertiary/aromatic N) is 1. The second-order valence-electron chi connectivity index (χ2n) is 2.38. The van der Waals surface area contributed by atoms with Gasteiger partial charge in [-0.05, 0) is 25.0 Å². The van der Waals surface area contributed by atoms with Crippen LogP contribution in [0.2, 0.25) is 0 Å². The lowest BCUT2D eigenvalue weighted by Crippen LogP contribution is -2.06. The van der Waals surface area contributed by atoms with Gasteiger partial charge < -0.3 is 5.73 Å². The molecule has 3 nitrogen and oxygen atoms in total. The van der Waals surface area contributed by atoms with Crippen LogP contribution in [0.5, 0.6) is 0 Å². The summed E-state index contributed by atoms with van der Waals surface area (Å²) in [6.07, 6.45) is 0. The van der Waals surface area contributed by atoms with Gasteiger partial charge in [-0.3, -0.25) is 4.79 Å². The van der Waals surface area contributed by atoms with Crippen molar-refractivity contribution < 1.29 is 9.18 Å². The molecule has 1 amide bonds. The van der Waals surface area contributed by atoms with Crippen LogP contribution in [0.3, 0.4) is 0 Å². The summed E-state index contributed by atoms with van der Waals surface area (Å²) in [7, 11) is 0. The molecule has 0 spiro atoms. The molecule has 4 heteroatoms. The van der Waals surface area contributed by atoms with Crippen LogP contribution < -0.4 is 5.73 Å². The molecule has 0 atom stereocenters. The molecule has 0 aliphatic heterocycles. The third-order valence-electron chi connectivity index (χ3n) is 1.34. The standard InChI is InChI=1S/C9H7FN2O/c1-6-8(10)4-2-7(12-6)3-5-9(11)13/h2,4H,1H3,(H2,11,13). The fourth-order valence-corrected chi connectivity index (χ4v) is 0.739. The van der Waals surface area contributed by atoms with E-state index in [1.165, 1.54) is 19.1 Å². The van der Waals surface area contributed by atoms with Gasteiger partial charge in [0.1, 0.15) is 11.5 Å². The van der Waals surface area contributed by atoms with Crippen LogP contribution in [-0.4, -0.2) is 10.9 Å². The first kappa shape index (κ1) is 9.20. The first-order valence-electron chi connectivity index (χ1n) is 3.54. The Hall–Kier alpha value is -1.89.